The number of nitrogens with zero attached hydrogens (tertiary/aromatic N) is 4. The van der Waals surface area contributed by atoms with E-state index in [9.17, 15) is 4.79 Å². The van der Waals surface area contributed by atoms with Crippen molar-refractivity contribution in [1.29, 1.82) is 0 Å². The molecule has 8 nitrogen and oxygen atoms in total. The SMILES string of the molecule is COc1ccc(-c2noc(CCC(=O)NCCCn3nc(C)cc3C)n2)cc1. The maximum absolute atomic E-state index is 12.0. The van der Waals surface area contributed by atoms with Crippen LogP contribution in [0.2, 0.25) is 0 Å². The fourth-order valence-electron chi connectivity index (χ4n) is 2.88. The van der Waals surface area contributed by atoms with Gasteiger partial charge in [-0.2, -0.15) is 10.1 Å². The zero-order chi connectivity index (χ0) is 19.9. The molecule has 0 radical (unpaired) electrons. The van der Waals surface area contributed by atoms with Crippen molar-refractivity contribution in [2.24, 2.45) is 0 Å². The van der Waals surface area contributed by atoms with Crippen LogP contribution in [-0.4, -0.2) is 39.5 Å². The number of benzene rings is 1. The summed E-state index contributed by atoms with van der Waals surface area (Å²) < 4.78 is 12.3. The number of hydrogen-bond donors (Lipinski definition) is 1. The van der Waals surface area contributed by atoms with Crippen LogP contribution in [0.4, 0.5) is 0 Å². The monoisotopic (exact) mass is 383 g/mol. The van der Waals surface area contributed by atoms with Crippen molar-refractivity contribution in [1.82, 2.24) is 25.2 Å². The van der Waals surface area contributed by atoms with Gasteiger partial charge in [0.05, 0.1) is 12.8 Å². The molecule has 0 unspecified atom stereocenters. The molecule has 3 rings (SSSR count). The van der Waals surface area contributed by atoms with Crippen LogP contribution >= 0.6 is 0 Å². The molecule has 2 heterocycles. The fourth-order valence-corrected chi connectivity index (χ4v) is 2.88. The van der Waals surface area contributed by atoms with E-state index in [1.54, 1.807) is 7.11 Å². The number of carbonyl (C=O) groups excluding carboxylic acids is 1. The Balaban J connectivity index is 1.39. The third kappa shape index (κ3) is 5.18. The summed E-state index contributed by atoms with van der Waals surface area (Å²) in [4.78, 5) is 16.4. The van der Waals surface area contributed by atoms with E-state index >= 15 is 0 Å². The summed E-state index contributed by atoms with van der Waals surface area (Å²) in [5, 5.41) is 11.3. The molecule has 0 saturated heterocycles. The van der Waals surface area contributed by atoms with Crippen LogP contribution in [-0.2, 0) is 17.8 Å². The topological polar surface area (TPSA) is 95.1 Å². The molecule has 0 atom stereocenters. The second-order valence-electron chi connectivity index (χ2n) is 6.59. The molecule has 1 amide bonds. The Kier molecular flexibility index (Phi) is 6.41. The highest BCUT2D eigenvalue weighted by Crippen LogP contribution is 2.19. The Morgan fingerprint density at radius 1 is 1.25 bits per heavy atom. The van der Waals surface area contributed by atoms with Gasteiger partial charge in [0.2, 0.25) is 17.6 Å². The standard InChI is InChI=1S/C20H25N5O3/c1-14-13-15(2)25(23-14)12-4-11-21-18(26)9-10-19-22-20(24-28-19)16-5-7-17(27-3)8-6-16/h5-8,13H,4,9-12H2,1-3H3,(H,21,26). The second-order valence-corrected chi connectivity index (χ2v) is 6.59. The van der Waals surface area contributed by atoms with Crippen molar-refractivity contribution in [2.45, 2.75) is 39.7 Å². The number of rotatable bonds is 9. The quantitative estimate of drug-likeness (QED) is 0.571. The van der Waals surface area contributed by atoms with Crippen molar-refractivity contribution in [3.63, 3.8) is 0 Å². The third-order valence-electron chi connectivity index (χ3n) is 4.35. The van der Waals surface area contributed by atoms with Gasteiger partial charge in [-0.1, -0.05) is 5.16 Å². The average molecular weight is 383 g/mol. The highest BCUT2D eigenvalue weighted by Gasteiger charge is 2.11. The van der Waals surface area contributed by atoms with Crippen LogP contribution in [0.15, 0.2) is 34.9 Å². The van der Waals surface area contributed by atoms with E-state index in [2.05, 4.69) is 20.6 Å². The predicted molar refractivity (Wildman–Crippen MR) is 104 cm³/mol. The van der Waals surface area contributed by atoms with Gasteiger partial charge in [0.15, 0.2) is 0 Å². The van der Waals surface area contributed by atoms with Gasteiger partial charge in [-0.25, -0.2) is 0 Å². The van der Waals surface area contributed by atoms with Crippen molar-refractivity contribution in [3.8, 4) is 17.1 Å². The zero-order valence-electron chi connectivity index (χ0n) is 16.4. The number of nitrogens with one attached hydrogen (secondary N) is 1. The molecular weight excluding hydrogens is 358 g/mol. The smallest absolute Gasteiger partial charge is 0.227 e. The fraction of sp³-hybridized carbons (Fsp3) is 0.400. The average Bonchev–Trinajstić information content (AvgIpc) is 3.29. The van der Waals surface area contributed by atoms with Crippen LogP contribution in [0.3, 0.4) is 0 Å². The minimum atomic E-state index is -0.0300. The lowest BCUT2D eigenvalue weighted by Gasteiger charge is -2.06. The number of aromatic nitrogens is 4. The molecule has 8 heteroatoms. The summed E-state index contributed by atoms with van der Waals surface area (Å²) in [5.41, 5.74) is 2.98. The first kappa shape index (κ1) is 19.6. The van der Waals surface area contributed by atoms with Crippen molar-refractivity contribution < 1.29 is 14.1 Å². The van der Waals surface area contributed by atoms with E-state index in [1.807, 2.05) is 48.9 Å². The number of carbonyl (C=O) groups is 1. The lowest BCUT2D eigenvalue weighted by molar-refractivity contribution is -0.121. The van der Waals surface area contributed by atoms with E-state index in [0.717, 1.165) is 35.7 Å². The van der Waals surface area contributed by atoms with Gasteiger partial charge in [0.1, 0.15) is 5.75 Å². The maximum Gasteiger partial charge on any atom is 0.227 e. The van der Waals surface area contributed by atoms with Gasteiger partial charge in [-0.05, 0) is 50.6 Å². The molecule has 0 fully saturated rings. The minimum Gasteiger partial charge on any atom is -0.497 e. The molecule has 2 aromatic heterocycles. The molecule has 1 N–H and O–H groups in total. The molecule has 0 aliphatic carbocycles. The highest BCUT2D eigenvalue weighted by molar-refractivity contribution is 5.75. The Hall–Kier alpha value is -3.16. The number of methoxy groups -OCH3 is 1. The molecule has 0 saturated carbocycles. The molecular formula is C20H25N5O3. The lowest BCUT2D eigenvalue weighted by atomic mass is 10.2. The van der Waals surface area contributed by atoms with Gasteiger partial charge < -0.3 is 14.6 Å². The number of amides is 1. The predicted octanol–water partition coefficient (Wildman–Crippen LogP) is 2.70. The van der Waals surface area contributed by atoms with Crippen molar-refractivity contribution >= 4 is 5.91 Å². The number of aryl methyl sites for hydroxylation is 4. The van der Waals surface area contributed by atoms with Crippen LogP contribution in [0.1, 0.15) is 30.1 Å². The minimum absolute atomic E-state index is 0.0300. The van der Waals surface area contributed by atoms with Crippen molar-refractivity contribution in [3.05, 3.63) is 47.6 Å². The van der Waals surface area contributed by atoms with Gasteiger partial charge in [-0.3, -0.25) is 9.48 Å². The van der Waals surface area contributed by atoms with Gasteiger partial charge in [0.25, 0.3) is 0 Å². The molecule has 28 heavy (non-hydrogen) atoms. The normalized spacial score (nSPS) is 10.8. The highest BCUT2D eigenvalue weighted by atomic mass is 16.5. The molecule has 1 aromatic carbocycles. The Morgan fingerprint density at radius 2 is 2.04 bits per heavy atom. The van der Waals surface area contributed by atoms with Crippen LogP contribution in [0.25, 0.3) is 11.4 Å². The number of ether oxygens (including phenoxy) is 1. The van der Waals surface area contributed by atoms with E-state index in [1.165, 1.54) is 0 Å². The molecule has 0 aliphatic rings. The molecule has 0 bridgehead atoms. The zero-order valence-corrected chi connectivity index (χ0v) is 16.4. The second kappa shape index (κ2) is 9.16. The van der Waals surface area contributed by atoms with E-state index in [4.69, 9.17) is 9.26 Å². The van der Waals surface area contributed by atoms with Gasteiger partial charge in [0, 0.05) is 37.2 Å². The van der Waals surface area contributed by atoms with E-state index < -0.39 is 0 Å². The van der Waals surface area contributed by atoms with Crippen LogP contribution in [0, 0.1) is 13.8 Å². The Labute approximate surface area is 163 Å². The summed E-state index contributed by atoms with van der Waals surface area (Å²) in [6.45, 7) is 5.40. The lowest BCUT2D eigenvalue weighted by Crippen LogP contribution is -2.25. The maximum atomic E-state index is 12.0. The van der Waals surface area contributed by atoms with E-state index in [0.29, 0.717) is 31.1 Å². The summed E-state index contributed by atoms with van der Waals surface area (Å²) >= 11 is 0. The van der Waals surface area contributed by atoms with Gasteiger partial charge >= 0.3 is 0 Å². The first-order valence-electron chi connectivity index (χ1n) is 9.30. The third-order valence-corrected chi connectivity index (χ3v) is 4.35. The summed E-state index contributed by atoms with van der Waals surface area (Å²) in [6.07, 6.45) is 1.55. The largest absolute Gasteiger partial charge is 0.497 e. The van der Waals surface area contributed by atoms with Crippen molar-refractivity contribution in [2.75, 3.05) is 13.7 Å². The Bertz CT molecular complexity index is 914. The summed E-state index contributed by atoms with van der Waals surface area (Å²) in [5.74, 6) is 1.69. The first-order chi connectivity index (χ1) is 13.5. The van der Waals surface area contributed by atoms with Crippen LogP contribution < -0.4 is 10.1 Å². The summed E-state index contributed by atoms with van der Waals surface area (Å²) in [7, 11) is 1.62. The Morgan fingerprint density at radius 3 is 2.71 bits per heavy atom. The molecule has 148 valence electrons. The molecule has 3 aromatic rings. The van der Waals surface area contributed by atoms with Gasteiger partial charge in [-0.15, -0.1) is 0 Å². The molecule has 0 spiro atoms. The summed E-state index contributed by atoms with van der Waals surface area (Å²) in [6, 6.07) is 9.45. The van der Waals surface area contributed by atoms with Crippen LogP contribution in [0.5, 0.6) is 5.75 Å². The molecule has 0 aliphatic heterocycles. The first-order valence-corrected chi connectivity index (χ1v) is 9.30. The van der Waals surface area contributed by atoms with E-state index in [-0.39, 0.29) is 5.91 Å². The number of hydrogen-bond acceptors (Lipinski definition) is 6.